The quantitative estimate of drug-likeness (QED) is 0.683. The van der Waals surface area contributed by atoms with Gasteiger partial charge in [-0.3, -0.25) is 9.69 Å². The Morgan fingerprint density at radius 3 is 2.54 bits per heavy atom. The lowest BCUT2D eigenvalue weighted by atomic mass is 9.95. The minimum atomic E-state index is 0.144. The van der Waals surface area contributed by atoms with E-state index in [1.807, 2.05) is 4.90 Å². The number of nitrogens with zero attached hydrogens (tertiary/aromatic N) is 2. The molecule has 0 saturated carbocycles. The van der Waals surface area contributed by atoms with Gasteiger partial charge in [0, 0.05) is 32.7 Å². The fourth-order valence-electron chi connectivity index (χ4n) is 4.17. The molecule has 2 aliphatic heterocycles. The van der Waals surface area contributed by atoms with Crippen LogP contribution < -0.4 is 4.74 Å². The van der Waals surface area contributed by atoms with Gasteiger partial charge in [-0.15, -0.1) is 0 Å². The number of halogens is 2. The number of rotatable bonds is 6. The van der Waals surface area contributed by atoms with E-state index in [1.165, 1.54) is 0 Å². The van der Waals surface area contributed by atoms with E-state index in [2.05, 4.69) is 18.7 Å². The van der Waals surface area contributed by atoms with Crippen LogP contribution in [-0.4, -0.2) is 67.2 Å². The Balaban J connectivity index is 1.37. The topological polar surface area (TPSA) is 42.0 Å². The third-order valence-corrected chi connectivity index (χ3v) is 6.27. The van der Waals surface area contributed by atoms with Crippen molar-refractivity contribution < 1.29 is 14.3 Å². The number of carbonyl (C=O) groups excluding carboxylic acids is 1. The Hall–Kier alpha value is -1.01. The molecule has 2 atom stereocenters. The highest BCUT2D eigenvalue weighted by Crippen LogP contribution is 2.31. The van der Waals surface area contributed by atoms with Crippen LogP contribution in [0.2, 0.25) is 10.0 Å². The molecule has 0 aliphatic carbocycles. The largest absolute Gasteiger partial charge is 0.491 e. The van der Waals surface area contributed by atoms with Crippen LogP contribution in [-0.2, 0) is 9.53 Å². The van der Waals surface area contributed by atoms with Crippen molar-refractivity contribution in [1.29, 1.82) is 0 Å². The molecule has 3 rings (SSSR count). The average molecular weight is 429 g/mol. The Labute approximate surface area is 177 Å². The Morgan fingerprint density at radius 2 is 1.86 bits per heavy atom. The Kier molecular flexibility index (Phi) is 7.86. The maximum Gasteiger partial charge on any atom is 0.225 e. The number of amides is 1. The highest BCUT2D eigenvalue weighted by Gasteiger charge is 2.27. The van der Waals surface area contributed by atoms with Gasteiger partial charge in [0.25, 0.3) is 0 Å². The van der Waals surface area contributed by atoms with Gasteiger partial charge >= 0.3 is 0 Å². The zero-order valence-corrected chi connectivity index (χ0v) is 18.2. The van der Waals surface area contributed by atoms with Gasteiger partial charge in [-0.1, -0.05) is 29.3 Å². The van der Waals surface area contributed by atoms with Gasteiger partial charge in [-0.25, -0.2) is 0 Å². The fraction of sp³-hybridized carbons (Fsp3) is 0.667. The minimum absolute atomic E-state index is 0.144. The first-order valence-corrected chi connectivity index (χ1v) is 10.9. The molecule has 0 N–H and O–H groups in total. The molecule has 2 saturated heterocycles. The first kappa shape index (κ1) is 21.7. The number of carbonyl (C=O) groups is 1. The van der Waals surface area contributed by atoms with Gasteiger partial charge < -0.3 is 14.4 Å². The highest BCUT2D eigenvalue weighted by molar-refractivity contribution is 6.42. The van der Waals surface area contributed by atoms with E-state index in [0.29, 0.717) is 46.9 Å². The second kappa shape index (κ2) is 10.1. The fourth-order valence-corrected chi connectivity index (χ4v) is 4.51. The molecule has 2 unspecified atom stereocenters. The number of benzene rings is 1. The van der Waals surface area contributed by atoms with E-state index in [1.54, 1.807) is 18.2 Å². The number of hydrogen-bond donors (Lipinski definition) is 0. The van der Waals surface area contributed by atoms with Crippen molar-refractivity contribution in [2.75, 3.05) is 39.3 Å². The molecule has 1 aromatic carbocycles. The van der Waals surface area contributed by atoms with Crippen molar-refractivity contribution in [2.45, 2.75) is 45.3 Å². The van der Waals surface area contributed by atoms with Crippen molar-refractivity contribution in [1.82, 2.24) is 9.80 Å². The Morgan fingerprint density at radius 1 is 1.18 bits per heavy atom. The van der Waals surface area contributed by atoms with Crippen LogP contribution in [0.5, 0.6) is 5.75 Å². The van der Waals surface area contributed by atoms with Crippen molar-refractivity contribution >= 4 is 29.1 Å². The van der Waals surface area contributed by atoms with Crippen molar-refractivity contribution in [2.24, 2.45) is 5.92 Å². The molecule has 28 heavy (non-hydrogen) atoms. The molecule has 0 bridgehead atoms. The van der Waals surface area contributed by atoms with Crippen LogP contribution in [0.3, 0.4) is 0 Å². The number of likely N-dealkylation sites (tertiary alicyclic amines) is 1. The molecule has 0 spiro atoms. The Bertz CT molecular complexity index is 655. The number of hydrogen-bond acceptors (Lipinski definition) is 4. The summed E-state index contributed by atoms with van der Waals surface area (Å²) in [6.45, 7) is 9.37. The molecule has 7 heteroatoms. The molecule has 1 aromatic rings. The second-order valence-corrected chi connectivity index (χ2v) is 8.74. The summed E-state index contributed by atoms with van der Waals surface area (Å²) in [5, 5.41) is 0.848. The van der Waals surface area contributed by atoms with Gasteiger partial charge in [0.15, 0.2) is 0 Å². The van der Waals surface area contributed by atoms with Gasteiger partial charge in [0.2, 0.25) is 5.91 Å². The standard InChI is InChI=1S/C21H30Cl2N2O3/c1-15-12-24(13-16(2)28-15)14-17-6-9-25(10-7-17)20(26)8-11-27-19-5-3-4-18(22)21(19)23/h3-5,15-17H,6-14H2,1-2H3. The summed E-state index contributed by atoms with van der Waals surface area (Å²) in [5.41, 5.74) is 0. The lowest BCUT2D eigenvalue weighted by molar-refractivity contribution is -0.133. The summed E-state index contributed by atoms with van der Waals surface area (Å²) in [6, 6.07) is 5.26. The second-order valence-electron chi connectivity index (χ2n) is 7.95. The maximum absolute atomic E-state index is 12.5. The monoisotopic (exact) mass is 428 g/mol. The van der Waals surface area contributed by atoms with Crippen molar-refractivity contribution in [3.8, 4) is 5.75 Å². The number of piperidine rings is 1. The average Bonchev–Trinajstić information content (AvgIpc) is 2.65. The normalized spacial score (nSPS) is 24.4. The summed E-state index contributed by atoms with van der Waals surface area (Å²) < 4.78 is 11.5. The summed E-state index contributed by atoms with van der Waals surface area (Å²) in [4.78, 5) is 17.0. The third-order valence-electron chi connectivity index (χ3n) is 5.47. The summed E-state index contributed by atoms with van der Waals surface area (Å²) in [6.07, 6.45) is 3.09. The third kappa shape index (κ3) is 5.99. The SMILES string of the molecule is CC1CN(CC2CCN(C(=O)CCOc3cccc(Cl)c3Cl)CC2)CC(C)O1. The van der Waals surface area contributed by atoms with E-state index in [9.17, 15) is 4.79 Å². The molecule has 1 amide bonds. The number of morpholine rings is 1. The zero-order chi connectivity index (χ0) is 20.1. The predicted octanol–water partition coefficient (Wildman–Crippen LogP) is 4.11. The first-order chi connectivity index (χ1) is 13.4. The molecule has 0 aromatic heterocycles. The van der Waals surface area contributed by atoms with Gasteiger partial charge in [0.1, 0.15) is 10.8 Å². The van der Waals surface area contributed by atoms with Crippen molar-refractivity contribution in [3.63, 3.8) is 0 Å². The smallest absolute Gasteiger partial charge is 0.225 e. The van der Waals surface area contributed by atoms with Crippen molar-refractivity contribution in [3.05, 3.63) is 28.2 Å². The highest BCUT2D eigenvalue weighted by atomic mass is 35.5. The first-order valence-electron chi connectivity index (χ1n) is 10.1. The number of ether oxygens (including phenoxy) is 2. The zero-order valence-electron chi connectivity index (χ0n) is 16.7. The van der Waals surface area contributed by atoms with Gasteiger partial charge in [-0.05, 0) is 44.7 Å². The molecule has 5 nitrogen and oxygen atoms in total. The van der Waals surface area contributed by atoms with E-state index in [0.717, 1.165) is 45.6 Å². The summed E-state index contributed by atoms with van der Waals surface area (Å²) in [5.74, 6) is 1.32. The lowest BCUT2D eigenvalue weighted by Gasteiger charge is -2.39. The molecular weight excluding hydrogens is 399 g/mol. The molecule has 2 fully saturated rings. The molecular formula is C21H30Cl2N2O3. The minimum Gasteiger partial charge on any atom is -0.491 e. The van der Waals surface area contributed by atoms with Crippen LogP contribution in [0.1, 0.15) is 33.1 Å². The molecule has 2 heterocycles. The molecule has 156 valence electrons. The molecule has 0 radical (unpaired) electrons. The summed E-state index contributed by atoms with van der Waals surface area (Å²) in [7, 11) is 0. The van der Waals surface area contributed by atoms with Crippen LogP contribution in [0.25, 0.3) is 0 Å². The lowest BCUT2D eigenvalue weighted by Crippen LogP contribution is -2.48. The predicted molar refractivity (Wildman–Crippen MR) is 112 cm³/mol. The van der Waals surface area contributed by atoms with Gasteiger partial charge in [0.05, 0.1) is 30.3 Å². The van der Waals surface area contributed by atoms with E-state index in [4.69, 9.17) is 32.7 Å². The van der Waals surface area contributed by atoms with E-state index < -0.39 is 0 Å². The van der Waals surface area contributed by atoms with Crippen LogP contribution >= 0.6 is 23.2 Å². The maximum atomic E-state index is 12.5. The molecule has 2 aliphatic rings. The summed E-state index contributed by atoms with van der Waals surface area (Å²) >= 11 is 12.1. The van der Waals surface area contributed by atoms with E-state index in [-0.39, 0.29) is 5.91 Å². The van der Waals surface area contributed by atoms with E-state index >= 15 is 0 Å². The van der Waals surface area contributed by atoms with Crippen LogP contribution in [0.15, 0.2) is 18.2 Å². The van der Waals surface area contributed by atoms with Gasteiger partial charge in [-0.2, -0.15) is 0 Å². The van der Waals surface area contributed by atoms with Crippen LogP contribution in [0.4, 0.5) is 0 Å². The van der Waals surface area contributed by atoms with Crippen LogP contribution in [0, 0.1) is 5.92 Å².